The molecule has 1 aromatic carbocycles. The molecule has 0 amide bonds. The Balaban J connectivity index is 2.20. The zero-order valence-electron chi connectivity index (χ0n) is 15.4. The maximum Gasteiger partial charge on any atom is 0.161 e. The van der Waals surface area contributed by atoms with Gasteiger partial charge in [0.1, 0.15) is 17.0 Å². The predicted octanol–water partition coefficient (Wildman–Crippen LogP) is 3.73. The highest BCUT2D eigenvalue weighted by Crippen LogP contribution is 2.43. The van der Waals surface area contributed by atoms with Crippen LogP contribution in [0.25, 0.3) is 21.3 Å². The second-order valence-corrected chi connectivity index (χ2v) is 7.04. The van der Waals surface area contributed by atoms with Crippen LogP contribution in [0.15, 0.2) is 24.5 Å². The summed E-state index contributed by atoms with van der Waals surface area (Å²) in [6.45, 7) is 4.30. The van der Waals surface area contributed by atoms with Gasteiger partial charge in [-0.3, -0.25) is 0 Å². The summed E-state index contributed by atoms with van der Waals surface area (Å²) in [5.74, 6) is 2.11. The number of anilines is 1. The number of nitrogens with one attached hydrogen (secondary N) is 1. The summed E-state index contributed by atoms with van der Waals surface area (Å²) in [6.07, 6.45) is 1.98. The molecule has 2 aromatic heterocycles. The first kappa shape index (κ1) is 18.4. The molecule has 0 aliphatic heterocycles. The number of ether oxygens (including phenoxy) is 2. The Hall–Kier alpha value is -2.38. The zero-order valence-corrected chi connectivity index (χ0v) is 16.2. The lowest BCUT2D eigenvalue weighted by Gasteiger charge is -2.12. The van der Waals surface area contributed by atoms with Crippen LogP contribution in [0.4, 0.5) is 5.82 Å². The summed E-state index contributed by atoms with van der Waals surface area (Å²) in [7, 11) is 3.26. The van der Waals surface area contributed by atoms with Crippen molar-refractivity contribution in [2.45, 2.75) is 26.4 Å². The highest BCUT2D eigenvalue weighted by molar-refractivity contribution is 7.19. The molecule has 2 heterocycles. The second kappa shape index (κ2) is 7.88. The van der Waals surface area contributed by atoms with E-state index in [1.165, 1.54) is 4.88 Å². The van der Waals surface area contributed by atoms with Crippen LogP contribution in [0.3, 0.4) is 0 Å². The van der Waals surface area contributed by atoms with Gasteiger partial charge in [-0.2, -0.15) is 0 Å². The third-order valence-corrected chi connectivity index (χ3v) is 5.36. The molecular formula is C19H23N3O3S. The van der Waals surface area contributed by atoms with Crippen molar-refractivity contribution < 1.29 is 14.6 Å². The Morgan fingerprint density at radius 2 is 1.96 bits per heavy atom. The topological polar surface area (TPSA) is 76.5 Å². The minimum Gasteiger partial charge on any atom is -0.493 e. The number of benzene rings is 1. The number of rotatable bonds is 7. The largest absolute Gasteiger partial charge is 0.493 e. The maximum atomic E-state index is 9.62. The first-order valence-corrected chi connectivity index (χ1v) is 9.31. The number of aliphatic hydroxyl groups is 1. The van der Waals surface area contributed by atoms with E-state index in [1.54, 1.807) is 38.8 Å². The lowest BCUT2D eigenvalue weighted by atomic mass is 10.0. The fourth-order valence-electron chi connectivity index (χ4n) is 2.90. The van der Waals surface area contributed by atoms with Crippen LogP contribution >= 0.6 is 11.3 Å². The number of aliphatic hydroxyl groups excluding tert-OH is 1. The Morgan fingerprint density at radius 1 is 1.19 bits per heavy atom. The van der Waals surface area contributed by atoms with Gasteiger partial charge in [0.05, 0.1) is 25.7 Å². The number of thiophene rings is 1. The summed E-state index contributed by atoms with van der Waals surface area (Å²) in [5.41, 5.74) is 2.13. The number of nitrogens with zero attached hydrogens (tertiary/aromatic N) is 2. The van der Waals surface area contributed by atoms with Crippen molar-refractivity contribution in [1.29, 1.82) is 0 Å². The standard InChI is InChI=1S/C19H23N3O3S/c1-5-15-16(12-6-7-13(24-3)14(8-12)25-4)17-18(20-9-11(2)23)21-10-22-19(17)26-15/h6-8,10-11,23H,5,9H2,1-4H3,(H,20,21,22). The van der Waals surface area contributed by atoms with E-state index in [9.17, 15) is 5.11 Å². The van der Waals surface area contributed by atoms with Gasteiger partial charge in [-0.1, -0.05) is 13.0 Å². The summed E-state index contributed by atoms with van der Waals surface area (Å²) < 4.78 is 10.8. The van der Waals surface area contributed by atoms with E-state index in [0.29, 0.717) is 18.0 Å². The lowest BCUT2D eigenvalue weighted by Crippen LogP contribution is -2.16. The van der Waals surface area contributed by atoms with Crippen molar-refractivity contribution in [3.05, 3.63) is 29.4 Å². The SMILES string of the molecule is CCc1sc2ncnc(NCC(C)O)c2c1-c1ccc(OC)c(OC)c1. The molecule has 3 aromatic rings. The van der Waals surface area contributed by atoms with Crippen LogP contribution in [-0.2, 0) is 6.42 Å². The smallest absolute Gasteiger partial charge is 0.161 e. The molecule has 0 fully saturated rings. The molecule has 0 radical (unpaired) electrons. The minimum absolute atomic E-state index is 0.425. The summed E-state index contributed by atoms with van der Waals surface area (Å²) in [5, 5.41) is 13.8. The van der Waals surface area contributed by atoms with Crippen molar-refractivity contribution in [3.8, 4) is 22.6 Å². The highest BCUT2D eigenvalue weighted by atomic mass is 32.1. The minimum atomic E-state index is -0.464. The molecule has 6 nitrogen and oxygen atoms in total. The number of aryl methyl sites for hydroxylation is 1. The molecule has 0 aliphatic carbocycles. The average Bonchev–Trinajstić information content (AvgIpc) is 3.04. The van der Waals surface area contributed by atoms with Crippen molar-refractivity contribution in [2.24, 2.45) is 0 Å². The molecule has 26 heavy (non-hydrogen) atoms. The van der Waals surface area contributed by atoms with Crippen molar-refractivity contribution in [1.82, 2.24) is 9.97 Å². The summed E-state index contributed by atoms with van der Waals surface area (Å²) in [6, 6.07) is 5.90. The quantitative estimate of drug-likeness (QED) is 0.657. The first-order valence-electron chi connectivity index (χ1n) is 8.49. The summed E-state index contributed by atoms with van der Waals surface area (Å²) >= 11 is 1.66. The van der Waals surface area contributed by atoms with Crippen LogP contribution < -0.4 is 14.8 Å². The van der Waals surface area contributed by atoms with E-state index >= 15 is 0 Å². The van der Waals surface area contributed by atoms with Crippen LogP contribution in [0.2, 0.25) is 0 Å². The predicted molar refractivity (Wildman–Crippen MR) is 106 cm³/mol. The normalized spacial score (nSPS) is 12.2. The number of hydrogen-bond donors (Lipinski definition) is 2. The van der Waals surface area contributed by atoms with E-state index in [0.717, 1.165) is 33.6 Å². The van der Waals surface area contributed by atoms with Crippen molar-refractivity contribution in [3.63, 3.8) is 0 Å². The van der Waals surface area contributed by atoms with Gasteiger partial charge in [0.25, 0.3) is 0 Å². The van der Waals surface area contributed by atoms with Crippen molar-refractivity contribution in [2.75, 3.05) is 26.1 Å². The van der Waals surface area contributed by atoms with E-state index in [4.69, 9.17) is 9.47 Å². The van der Waals surface area contributed by atoms with Crippen molar-refractivity contribution >= 4 is 27.4 Å². The van der Waals surface area contributed by atoms with Gasteiger partial charge in [0.2, 0.25) is 0 Å². The number of hydrogen-bond acceptors (Lipinski definition) is 7. The van der Waals surface area contributed by atoms with Gasteiger partial charge in [-0.05, 0) is 31.0 Å². The van der Waals surface area contributed by atoms with E-state index < -0.39 is 6.10 Å². The van der Waals surface area contributed by atoms with Crippen LogP contribution in [0.1, 0.15) is 18.7 Å². The lowest BCUT2D eigenvalue weighted by molar-refractivity contribution is 0.208. The third-order valence-electron chi connectivity index (χ3n) is 4.12. The molecule has 2 N–H and O–H groups in total. The molecular weight excluding hydrogens is 350 g/mol. The van der Waals surface area contributed by atoms with Gasteiger partial charge in [0.15, 0.2) is 11.5 Å². The molecule has 138 valence electrons. The number of fused-ring (bicyclic) bond motifs is 1. The van der Waals surface area contributed by atoms with Gasteiger partial charge < -0.3 is 19.9 Å². The fraction of sp³-hybridized carbons (Fsp3) is 0.368. The van der Waals surface area contributed by atoms with Crippen LogP contribution in [0, 0.1) is 0 Å². The molecule has 1 atom stereocenters. The maximum absolute atomic E-state index is 9.62. The first-order chi connectivity index (χ1) is 12.6. The van der Waals surface area contributed by atoms with Gasteiger partial charge >= 0.3 is 0 Å². The van der Waals surface area contributed by atoms with E-state index in [1.807, 2.05) is 18.2 Å². The van der Waals surface area contributed by atoms with Crippen LogP contribution in [-0.4, -0.2) is 41.9 Å². The Bertz CT molecular complexity index is 908. The molecule has 0 bridgehead atoms. The number of methoxy groups -OCH3 is 2. The zero-order chi connectivity index (χ0) is 18.7. The van der Waals surface area contributed by atoms with Gasteiger partial charge in [-0.25, -0.2) is 9.97 Å². The van der Waals surface area contributed by atoms with Crippen LogP contribution in [0.5, 0.6) is 11.5 Å². The van der Waals surface area contributed by atoms with E-state index in [2.05, 4.69) is 22.2 Å². The number of aromatic nitrogens is 2. The van der Waals surface area contributed by atoms with E-state index in [-0.39, 0.29) is 0 Å². The average molecular weight is 373 g/mol. The molecule has 3 rings (SSSR count). The molecule has 0 spiro atoms. The third kappa shape index (κ3) is 3.45. The second-order valence-electron chi connectivity index (χ2n) is 5.96. The molecule has 7 heteroatoms. The Morgan fingerprint density at radius 3 is 2.62 bits per heavy atom. The molecule has 0 aliphatic rings. The van der Waals surface area contributed by atoms with Gasteiger partial charge in [0, 0.05) is 17.0 Å². The van der Waals surface area contributed by atoms with Gasteiger partial charge in [-0.15, -0.1) is 11.3 Å². The monoisotopic (exact) mass is 373 g/mol. The Kier molecular flexibility index (Phi) is 5.58. The molecule has 1 unspecified atom stereocenters. The molecule has 0 saturated carbocycles. The summed E-state index contributed by atoms with van der Waals surface area (Å²) in [4.78, 5) is 11.0. The fourth-order valence-corrected chi connectivity index (χ4v) is 4.00. The highest BCUT2D eigenvalue weighted by Gasteiger charge is 2.19. The Labute approximate surface area is 156 Å². The molecule has 0 saturated heterocycles.